The lowest BCUT2D eigenvalue weighted by molar-refractivity contribution is -0.673. The number of imidazole rings is 1. The van der Waals surface area contributed by atoms with Gasteiger partial charge in [0.2, 0.25) is 5.75 Å². The van der Waals surface area contributed by atoms with Crippen LogP contribution in [0.1, 0.15) is 26.3 Å². The summed E-state index contributed by atoms with van der Waals surface area (Å²) in [4.78, 5) is 14.9. The second kappa shape index (κ2) is 10.6. The van der Waals surface area contributed by atoms with E-state index in [-0.39, 0.29) is 12.3 Å². The van der Waals surface area contributed by atoms with Crippen molar-refractivity contribution < 1.29 is 23.6 Å². The van der Waals surface area contributed by atoms with Gasteiger partial charge in [0.05, 0.1) is 33.1 Å². The fraction of sp³-hybridized carbons (Fsp3) is 0.370. The number of nitrogens with zero attached hydrogens (tertiary/aromatic N) is 4. The molecule has 0 fully saturated rings. The summed E-state index contributed by atoms with van der Waals surface area (Å²) in [5.74, 6) is 2.36. The maximum Gasteiger partial charge on any atom is 0.315 e. The van der Waals surface area contributed by atoms with Crippen LogP contribution in [0.2, 0.25) is 0 Å². The van der Waals surface area contributed by atoms with E-state index in [1.807, 2.05) is 93.1 Å². The number of ketones is 1. The van der Waals surface area contributed by atoms with Crippen LogP contribution in [0, 0.1) is 5.41 Å². The Morgan fingerprint density at radius 2 is 1.63 bits per heavy atom. The predicted octanol–water partition coefficient (Wildman–Crippen LogP) is 4.03. The van der Waals surface area contributed by atoms with E-state index in [0.29, 0.717) is 23.1 Å². The third-order valence-corrected chi connectivity index (χ3v) is 5.69. The Morgan fingerprint density at radius 3 is 2.11 bits per heavy atom. The molecule has 2 aromatic carbocycles. The molecule has 0 N–H and O–H groups in total. The Bertz CT molecular complexity index is 1180. The molecule has 0 spiro atoms. The average Bonchev–Trinajstić information content (AvgIpc) is 3.23. The van der Waals surface area contributed by atoms with Crippen LogP contribution in [0.4, 0.5) is 5.69 Å². The molecule has 1 aromatic heterocycles. The highest BCUT2D eigenvalue weighted by atomic mass is 16.5. The number of Topliss-reactive ketones (excluding diaryl/α,β-unsaturated/α-hetero) is 1. The molecule has 3 rings (SSSR count). The van der Waals surface area contributed by atoms with E-state index >= 15 is 0 Å². The summed E-state index contributed by atoms with van der Waals surface area (Å²) in [5.41, 5.74) is 2.36. The molecule has 0 bridgehead atoms. The summed E-state index contributed by atoms with van der Waals surface area (Å²) < 4.78 is 20.2. The van der Waals surface area contributed by atoms with E-state index in [0.717, 1.165) is 16.8 Å². The normalized spacial score (nSPS) is 11.5. The van der Waals surface area contributed by atoms with Gasteiger partial charge in [0.15, 0.2) is 23.5 Å². The van der Waals surface area contributed by atoms with Crippen molar-refractivity contribution in [3.63, 3.8) is 0 Å². The van der Waals surface area contributed by atoms with Crippen LogP contribution in [0.5, 0.6) is 17.2 Å². The van der Waals surface area contributed by atoms with Crippen LogP contribution < -0.4 is 23.7 Å². The Hall–Kier alpha value is -3.81. The van der Waals surface area contributed by atoms with Crippen molar-refractivity contribution >= 4 is 17.7 Å². The lowest BCUT2D eigenvalue weighted by Gasteiger charge is -2.16. The van der Waals surface area contributed by atoms with Gasteiger partial charge in [-0.2, -0.15) is 0 Å². The van der Waals surface area contributed by atoms with Crippen molar-refractivity contribution in [2.24, 2.45) is 10.5 Å². The van der Waals surface area contributed by atoms with Gasteiger partial charge >= 0.3 is 5.82 Å². The van der Waals surface area contributed by atoms with Crippen molar-refractivity contribution in [1.29, 1.82) is 0 Å². The van der Waals surface area contributed by atoms with Gasteiger partial charge in [0.1, 0.15) is 12.7 Å². The summed E-state index contributed by atoms with van der Waals surface area (Å²) in [6.07, 6.45) is 5.48. The van der Waals surface area contributed by atoms with Gasteiger partial charge in [-0.3, -0.25) is 4.79 Å². The number of rotatable bonds is 9. The molecule has 0 amide bonds. The number of carbonyl (C=O) groups excluding carboxylic acids is 1. The standard InChI is InChI=1S/C27H35N4O4/c1-27(2,3)24(32)18-30-13-14-31(28-17-19-9-11-21(12-10-19)29(4)5)26(30)20-15-22(33-6)25(35-8)23(16-20)34-7/h9-17H,18H2,1-8H3/q+1/b28-17-. The molecular weight excluding hydrogens is 444 g/mol. The molecule has 35 heavy (non-hydrogen) atoms. The highest BCUT2D eigenvalue weighted by molar-refractivity contribution is 5.82. The molecule has 0 aliphatic carbocycles. The number of anilines is 1. The van der Waals surface area contributed by atoms with Crippen LogP contribution in [-0.4, -0.2) is 52.1 Å². The molecular formula is C27H35N4O4+. The Labute approximate surface area is 207 Å². The molecule has 8 nitrogen and oxygen atoms in total. The van der Waals surface area contributed by atoms with Crippen LogP contribution in [0.25, 0.3) is 11.4 Å². The number of hydrogen-bond acceptors (Lipinski definition) is 6. The van der Waals surface area contributed by atoms with E-state index in [1.165, 1.54) is 0 Å². The SMILES string of the molecule is COc1cc(-c2n(/N=C\c3ccc(N(C)C)cc3)cc[n+]2CC(=O)C(C)(C)C)cc(OC)c1OC. The number of ether oxygens (including phenoxy) is 3. The van der Waals surface area contributed by atoms with Gasteiger partial charge in [0.25, 0.3) is 0 Å². The molecule has 8 heteroatoms. The maximum atomic E-state index is 12.9. The topological polar surface area (TPSA) is 69.2 Å². The first-order valence-corrected chi connectivity index (χ1v) is 11.3. The zero-order chi connectivity index (χ0) is 25.8. The van der Waals surface area contributed by atoms with Gasteiger partial charge in [-0.15, -0.1) is 4.68 Å². The van der Waals surface area contributed by atoms with Crippen molar-refractivity contribution in [3.05, 3.63) is 54.4 Å². The summed E-state index contributed by atoms with van der Waals surface area (Å²) in [6, 6.07) is 11.8. The van der Waals surface area contributed by atoms with E-state index in [9.17, 15) is 4.79 Å². The minimum absolute atomic E-state index is 0.109. The predicted molar refractivity (Wildman–Crippen MR) is 138 cm³/mol. The van der Waals surface area contributed by atoms with Crippen LogP contribution >= 0.6 is 0 Å². The molecule has 0 radical (unpaired) electrons. The third-order valence-electron chi connectivity index (χ3n) is 5.69. The molecule has 0 saturated carbocycles. The highest BCUT2D eigenvalue weighted by Crippen LogP contribution is 2.40. The first-order chi connectivity index (χ1) is 16.6. The number of benzene rings is 2. The van der Waals surface area contributed by atoms with Gasteiger partial charge in [-0.05, 0) is 29.8 Å². The Kier molecular flexibility index (Phi) is 7.84. The van der Waals surface area contributed by atoms with E-state index in [2.05, 4.69) is 0 Å². The highest BCUT2D eigenvalue weighted by Gasteiger charge is 2.29. The smallest absolute Gasteiger partial charge is 0.315 e. The van der Waals surface area contributed by atoms with E-state index in [1.54, 1.807) is 32.2 Å². The van der Waals surface area contributed by atoms with Crippen molar-refractivity contribution in [2.75, 3.05) is 40.3 Å². The summed E-state index contributed by atoms with van der Waals surface area (Å²) >= 11 is 0. The molecule has 0 aliphatic heterocycles. The number of hydrogen-bond donors (Lipinski definition) is 0. The van der Waals surface area contributed by atoms with Gasteiger partial charge in [-0.1, -0.05) is 38.0 Å². The molecule has 0 saturated heterocycles. The molecule has 3 aromatic rings. The number of aromatic nitrogens is 2. The van der Waals surface area contributed by atoms with Crippen LogP contribution in [-0.2, 0) is 11.3 Å². The van der Waals surface area contributed by atoms with Gasteiger partial charge < -0.3 is 19.1 Å². The van der Waals surface area contributed by atoms with Gasteiger partial charge in [-0.25, -0.2) is 4.57 Å². The van der Waals surface area contributed by atoms with Crippen molar-refractivity contribution in [3.8, 4) is 28.6 Å². The van der Waals surface area contributed by atoms with Crippen molar-refractivity contribution in [2.45, 2.75) is 27.3 Å². The lowest BCUT2D eigenvalue weighted by Crippen LogP contribution is -2.42. The lowest BCUT2D eigenvalue weighted by atomic mass is 9.91. The second-order valence-electron chi connectivity index (χ2n) is 9.41. The fourth-order valence-corrected chi connectivity index (χ4v) is 3.52. The largest absolute Gasteiger partial charge is 0.493 e. The maximum absolute atomic E-state index is 12.9. The second-order valence-corrected chi connectivity index (χ2v) is 9.41. The summed E-state index contributed by atoms with van der Waals surface area (Å²) in [6.45, 7) is 5.96. The van der Waals surface area contributed by atoms with Crippen molar-refractivity contribution in [1.82, 2.24) is 4.68 Å². The molecule has 0 aliphatic rings. The third kappa shape index (κ3) is 5.82. The Balaban J connectivity index is 2.12. The van der Waals surface area contributed by atoms with Crippen LogP contribution in [0.3, 0.4) is 0 Å². The number of methoxy groups -OCH3 is 3. The van der Waals surface area contributed by atoms with E-state index < -0.39 is 5.41 Å². The minimum Gasteiger partial charge on any atom is -0.493 e. The number of carbonyl (C=O) groups is 1. The zero-order valence-corrected chi connectivity index (χ0v) is 21.8. The average molecular weight is 480 g/mol. The minimum atomic E-state index is -0.473. The first-order valence-electron chi connectivity index (χ1n) is 11.3. The molecule has 0 unspecified atom stereocenters. The van der Waals surface area contributed by atoms with E-state index in [4.69, 9.17) is 19.3 Å². The first kappa shape index (κ1) is 25.8. The Morgan fingerprint density at radius 1 is 1.03 bits per heavy atom. The summed E-state index contributed by atoms with van der Waals surface area (Å²) in [5, 5.41) is 4.70. The summed E-state index contributed by atoms with van der Waals surface area (Å²) in [7, 11) is 8.73. The molecule has 1 heterocycles. The monoisotopic (exact) mass is 479 g/mol. The fourth-order valence-electron chi connectivity index (χ4n) is 3.52. The quantitative estimate of drug-likeness (QED) is 0.342. The van der Waals surface area contributed by atoms with Crippen LogP contribution in [0.15, 0.2) is 53.9 Å². The molecule has 0 atom stereocenters. The van der Waals surface area contributed by atoms with Gasteiger partial charge in [0, 0.05) is 25.2 Å². The zero-order valence-electron chi connectivity index (χ0n) is 21.8. The molecule has 186 valence electrons.